The van der Waals surface area contributed by atoms with Crippen molar-refractivity contribution >= 4 is 23.5 Å². The number of methoxy groups -OCH3 is 1. The van der Waals surface area contributed by atoms with Gasteiger partial charge in [-0.1, -0.05) is 0 Å². The second-order valence-corrected chi connectivity index (χ2v) is 5.94. The lowest BCUT2D eigenvalue weighted by Crippen LogP contribution is -2.49. The fourth-order valence-electron chi connectivity index (χ4n) is 2.98. The van der Waals surface area contributed by atoms with Crippen molar-refractivity contribution in [2.24, 2.45) is 5.73 Å². The van der Waals surface area contributed by atoms with E-state index in [0.29, 0.717) is 30.1 Å². The highest BCUT2D eigenvalue weighted by atomic mass is 16.5. The lowest BCUT2D eigenvalue weighted by atomic mass is 10.1. The standard InChI is InChI=1S/C16H20N4O4/c1-24-13-3-2-10(15(22)19-6-4-11(17)9-19)8-12(13)20-7-5-14(21)18-16(20)23/h2-3,8,11H,4-7,9,17H2,1H3,(H,18,21,23). The minimum absolute atomic E-state index is 0.00514. The van der Waals surface area contributed by atoms with E-state index in [1.54, 1.807) is 23.1 Å². The Kier molecular flexibility index (Phi) is 4.39. The van der Waals surface area contributed by atoms with E-state index in [0.717, 1.165) is 6.42 Å². The molecule has 0 aromatic heterocycles. The van der Waals surface area contributed by atoms with Gasteiger partial charge >= 0.3 is 6.03 Å². The van der Waals surface area contributed by atoms with E-state index in [-0.39, 0.29) is 30.8 Å². The van der Waals surface area contributed by atoms with Crippen molar-refractivity contribution in [2.45, 2.75) is 18.9 Å². The van der Waals surface area contributed by atoms with E-state index in [9.17, 15) is 14.4 Å². The Morgan fingerprint density at radius 2 is 2.12 bits per heavy atom. The molecule has 3 rings (SSSR count). The topological polar surface area (TPSA) is 105 Å². The van der Waals surface area contributed by atoms with Crippen LogP contribution in [0.3, 0.4) is 0 Å². The first-order chi connectivity index (χ1) is 11.5. The zero-order valence-corrected chi connectivity index (χ0v) is 13.4. The van der Waals surface area contributed by atoms with Crippen molar-refractivity contribution in [1.82, 2.24) is 10.2 Å². The average molecular weight is 332 g/mol. The number of carbonyl (C=O) groups is 3. The molecule has 1 atom stereocenters. The number of benzene rings is 1. The van der Waals surface area contributed by atoms with Gasteiger partial charge in [0.15, 0.2) is 0 Å². The molecule has 4 amide bonds. The van der Waals surface area contributed by atoms with Crippen LogP contribution in [0, 0.1) is 0 Å². The molecule has 1 unspecified atom stereocenters. The Labute approximate surface area is 139 Å². The van der Waals surface area contributed by atoms with Crippen LogP contribution in [0.15, 0.2) is 18.2 Å². The number of nitrogens with two attached hydrogens (primary N) is 1. The van der Waals surface area contributed by atoms with Crippen LogP contribution >= 0.6 is 0 Å². The van der Waals surface area contributed by atoms with Gasteiger partial charge in [0.1, 0.15) is 5.75 Å². The number of imide groups is 1. The fraction of sp³-hybridized carbons (Fsp3) is 0.438. The molecule has 0 bridgehead atoms. The number of anilines is 1. The normalized spacial score (nSPS) is 21.0. The van der Waals surface area contributed by atoms with Crippen LogP contribution in [0.5, 0.6) is 5.75 Å². The Balaban J connectivity index is 1.89. The van der Waals surface area contributed by atoms with E-state index in [4.69, 9.17) is 10.5 Å². The van der Waals surface area contributed by atoms with Crippen LogP contribution < -0.4 is 20.7 Å². The third-order valence-electron chi connectivity index (χ3n) is 4.28. The van der Waals surface area contributed by atoms with Gasteiger partial charge in [0.25, 0.3) is 5.91 Å². The number of rotatable bonds is 3. The number of ether oxygens (including phenoxy) is 1. The number of amides is 4. The molecule has 0 aliphatic carbocycles. The molecule has 2 fully saturated rings. The molecule has 2 saturated heterocycles. The fourth-order valence-corrected chi connectivity index (χ4v) is 2.98. The van der Waals surface area contributed by atoms with Crippen LogP contribution in [-0.2, 0) is 4.79 Å². The summed E-state index contributed by atoms with van der Waals surface area (Å²) in [5.41, 5.74) is 6.79. The van der Waals surface area contributed by atoms with E-state index in [2.05, 4.69) is 5.32 Å². The summed E-state index contributed by atoms with van der Waals surface area (Å²) in [4.78, 5) is 39.1. The Bertz CT molecular complexity index is 691. The number of nitrogens with zero attached hydrogens (tertiary/aromatic N) is 2. The second kappa shape index (κ2) is 6.48. The van der Waals surface area contributed by atoms with Crippen LogP contribution in [0.2, 0.25) is 0 Å². The first-order valence-electron chi connectivity index (χ1n) is 7.84. The molecule has 0 saturated carbocycles. The molecule has 2 aliphatic heterocycles. The lowest BCUT2D eigenvalue weighted by molar-refractivity contribution is -0.120. The third kappa shape index (κ3) is 3.05. The Hall–Kier alpha value is -2.61. The monoisotopic (exact) mass is 332 g/mol. The molecular formula is C16H20N4O4. The van der Waals surface area contributed by atoms with Crippen LogP contribution in [0.1, 0.15) is 23.2 Å². The van der Waals surface area contributed by atoms with Crippen molar-refractivity contribution in [3.63, 3.8) is 0 Å². The summed E-state index contributed by atoms with van der Waals surface area (Å²) in [6, 6.07) is 4.44. The van der Waals surface area contributed by atoms with Gasteiger partial charge in [-0.15, -0.1) is 0 Å². The number of carbonyl (C=O) groups excluding carboxylic acids is 3. The van der Waals surface area contributed by atoms with Crippen molar-refractivity contribution < 1.29 is 19.1 Å². The zero-order chi connectivity index (χ0) is 17.3. The molecule has 24 heavy (non-hydrogen) atoms. The molecule has 3 N–H and O–H groups in total. The molecule has 8 heteroatoms. The molecule has 2 aliphatic rings. The highest BCUT2D eigenvalue weighted by Crippen LogP contribution is 2.31. The quantitative estimate of drug-likeness (QED) is 0.829. The summed E-state index contributed by atoms with van der Waals surface area (Å²) in [5, 5.41) is 2.27. The molecule has 8 nitrogen and oxygen atoms in total. The predicted octanol–water partition coefficient (Wildman–Crippen LogP) is 0.315. The molecular weight excluding hydrogens is 312 g/mol. The van der Waals surface area contributed by atoms with Gasteiger partial charge in [-0.25, -0.2) is 4.79 Å². The summed E-state index contributed by atoms with van der Waals surface area (Å²) >= 11 is 0. The van der Waals surface area contributed by atoms with Gasteiger partial charge < -0.3 is 15.4 Å². The Morgan fingerprint density at radius 3 is 2.75 bits per heavy atom. The second-order valence-electron chi connectivity index (χ2n) is 5.94. The van der Waals surface area contributed by atoms with E-state index < -0.39 is 6.03 Å². The number of hydrogen-bond acceptors (Lipinski definition) is 5. The van der Waals surface area contributed by atoms with E-state index in [1.165, 1.54) is 12.0 Å². The van der Waals surface area contributed by atoms with Gasteiger partial charge in [0.05, 0.1) is 12.8 Å². The van der Waals surface area contributed by atoms with Crippen LogP contribution in [0.25, 0.3) is 0 Å². The Morgan fingerprint density at radius 1 is 1.33 bits per heavy atom. The minimum Gasteiger partial charge on any atom is -0.495 e. The largest absolute Gasteiger partial charge is 0.495 e. The number of urea groups is 1. The molecule has 0 spiro atoms. The first-order valence-corrected chi connectivity index (χ1v) is 7.84. The number of likely N-dealkylation sites (tertiary alicyclic amines) is 1. The van der Waals surface area contributed by atoms with Gasteiger partial charge in [0, 0.05) is 37.7 Å². The van der Waals surface area contributed by atoms with Crippen LogP contribution in [0.4, 0.5) is 10.5 Å². The van der Waals surface area contributed by atoms with Crippen LogP contribution in [-0.4, -0.2) is 55.5 Å². The molecule has 128 valence electrons. The van der Waals surface area contributed by atoms with Gasteiger partial charge in [-0.2, -0.15) is 0 Å². The van der Waals surface area contributed by atoms with Crippen molar-refractivity contribution in [1.29, 1.82) is 0 Å². The molecule has 1 aromatic carbocycles. The smallest absolute Gasteiger partial charge is 0.328 e. The van der Waals surface area contributed by atoms with Crippen molar-refractivity contribution in [2.75, 3.05) is 31.6 Å². The predicted molar refractivity (Wildman–Crippen MR) is 87.0 cm³/mol. The highest BCUT2D eigenvalue weighted by molar-refractivity contribution is 6.07. The summed E-state index contributed by atoms with van der Waals surface area (Å²) < 4.78 is 5.30. The summed E-state index contributed by atoms with van der Waals surface area (Å²) in [6.07, 6.45) is 0.986. The van der Waals surface area contributed by atoms with Crippen molar-refractivity contribution in [3.8, 4) is 5.75 Å². The first kappa shape index (κ1) is 16.3. The zero-order valence-electron chi connectivity index (χ0n) is 13.4. The van der Waals surface area contributed by atoms with E-state index >= 15 is 0 Å². The summed E-state index contributed by atoms with van der Waals surface area (Å²) in [7, 11) is 1.49. The van der Waals surface area contributed by atoms with Gasteiger partial charge in [-0.3, -0.25) is 19.8 Å². The molecule has 2 heterocycles. The van der Waals surface area contributed by atoms with Crippen molar-refractivity contribution in [3.05, 3.63) is 23.8 Å². The maximum absolute atomic E-state index is 12.6. The summed E-state index contributed by atoms with van der Waals surface area (Å²) in [6.45, 7) is 1.40. The SMILES string of the molecule is COc1ccc(C(=O)N2CCC(N)C2)cc1N1CCC(=O)NC1=O. The van der Waals surface area contributed by atoms with Gasteiger partial charge in [-0.05, 0) is 24.6 Å². The third-order valence-corrected chi connectivity index (χ3v) is 4.28. The maximum atomic E-state index is 12.6. The van der Waals surface area contributed by atoms with Gasteiger partial charge in [0.2, 0.25) is 5.91 Å². The average Bonchev–Trinajstić information content (AvgIpc) is 3.00. The number of nitrogens with one attached hydrogen (secondary N) is 1. The lowest BCUT2D eigenvalue weighted by Gasteiger charge is -2.28. The number of hydrogen-bond donors (Lipinski definition) is 2. The highest BCUT2D eigenvalue weighted by Gasteiger charge is 2.29. The maximum Gasteiger partial charge on any atom is 0.328 e. The summed E-state index contributed by atoms with van der Waals surface area (Å²) in [5.74, 6) is 0.0306. The van der Waals surface area contributed by atoms with E-state index in [1.807, 2.05) is 0 Å². The molecule has 0 radical (unpaired) electrons. The molecule has 1 aromatic rings. The minimum atomic E-state index is -0.516.